The molecule has 2 aromatic carbocycles. The number of hydrogen-bond donors (Lipinski definition) is 2. The first-order valence-corrected chi connectivity index (χ1v) is 11.8. The molecule has 2 aliphatic rings. The maximum atomic E-state index is 13.5. The molecular formula is C25H23N3O5S. The maximum absolute atomic E-state index is 13.5. The number of hydrogen-bond acceptors (Lipinski definition) is 6. The second-order valence-electron chi connectivity index (χ2n) is 8.27. The molecule has 0 aliphatic carbocycles. The Morgan fingerprint density at radius 1 is 1.12 bits per heavy atom. The highest BCUT2D eigenvalue weighted by Crippen LogP contribution is 2.28. The van der Waals surface area contributed by atoms with Crippen LogP contribution in [-0.2, 0) is 16.1 Å². The van der Waals surface area contributed by atoms with E-state index >= 15 is 0 Å². The Balaban J connectivity index is 1.36. The lowest BCUT2D eigenvalue weighted by Gasteiger charge is -2.30. The second kappa shape index (κ2) is 9.28. The van der Waals surface area contributed by atoms with Crippen molar-refractivity contribution in [1.82, 2.24) is 15.3 Å². The molecule has 8 nitrogen and oxygen atoms in total. The average Bonchev–Trinajstić information content (AvgIpc) is 3.60. The van der Waals surface area contributed by atoms with Gasteiger partial charge in [0.25, 0.3) is 5.91 Å². The van der Waals surface area contributed by atoms with Gasteiger partial charge >= 0.3 is 6.03 Å². The van der Waals surface area contributed by atoms with E-state index in [0.717, 1.165) is 10.4 Å². The molecule has 0 spiro atoms. The van der Waals surface area contributed by atoms with Gasteiger partial charge in [-0.1, -0.05) is 30.3 Å². The van der Waals surface area contributed by atoms with Crippen LogP contribution in [0.5, 0.6) is 5.75 Å². The molecule has 0 unspecified atom stereocenters. The number of hydrazine groups is 1. The van der Waals surface area contributed by atoms with Crippen LogP contribution >= 0.6 is 11.3 Å². The molecule has 3 amide bonds. The Labute approximate surface area is 200 Å². The molecule has 34 heavy (non-hydrogen) atoms. The third-order valence-electron chi connectivity index (χ3n) is 6.05. The first-order chi connectivity index (χ1) is 16.5. The van der Waals surface area contributed by atoms with Crippen LogP contribution in [0.25, 0.3) is 10.4 Å². The summed E-state index contributed by atoms with van der Waals surface area (Å²) in [6, 6.07) is 16.4. The molecule has 5 rings (SSSR count). The lowest BCUT2D eigenvalue weighted by atomic mass is 10.1. The van der Waals surface area contributed by atoms with Gasteiger partial charge in [0, 0.05) is 17.0 Å². The highest BCUT2D eigenvalue weighted by atomic mass is 32.1. The van der Waals surface area contributed by atoms with Crippen molar-refractivity contribution in [1.29, 1.82) is 0 Å². The molecule has 9 heteroatoms. The highest BCUT2D eigenvalue weighted by molar-refractivity contribution is 7.13. The molecular weight excluding hydrogens is 454 g/mol. The third-order valence-corrected chi connectivity index (χ3v) is 6.97. The monoisotopic (exact) mass is 477 g/mol. The van der Waals surface area contributed by atoms with Gasteiger partial charge in [-0.2, -0.15) is 0 Å². The van der Waals surface area contributed by atoms with Gasteiger partial charge in [0.05, 0.1) is 12.6 Å². The summed E-state index contributed by atoms with van der Waals surface area (Å²) >= 11 is 1.61. The van der Waals surface area contributed by atoms with Gasteiger partial charge in [0.1, 0.15) is 18.4 Å². The normalized spacial score (nSPS) is 19.2. The fourth-order valence-corrected chi connectivity index (χ4v) is 5.05. The Kier molecular flexibility index (Phi) is 6.04. The van der Waals surface area contributed by atoms with Gasteiger partial charge in [-0.05, 0) is 53.3 Å². The van der Waals surface area contributed by atoms with E-state index in [1.807, 2.05) is 29.6 Å². The van der Waals surface area contributed by atoms with Crippen molar-refractivity contribution in [2.24, 2.45) is 0 Å². The van der Waals surface area contributed by atoms with Crippen molar-refractivity contribution in [2.75, 3.05) is 13.2 Å². The Morgan fingerprint density at radius 3 is 2.59 bits per heavy atom. The summed E-state index contributed by atoms with van der Waals surface area (Å²) in [5.41, 5.74) is 4.84. The van der Waals surface area contributed by atoms with E-state index in [9.17, 15) is 19.5 Å². The van der Waals surface area contributed by atoms with Gasteiger partial charge < -0.3 is 14.7 Å². The first kappa shape index (κ1) is 22.1. The summed E-state index contributed by atoms with van der Waals surface area (Å²) in [5, 5.41) is 12.8. The molecule has 0 radical (unpaired) electrons. The number of phenolic OH excluding ortho intramolecular Hbond substituents is 1. The molecule has 2 N–H and O–H groups in total. The number of nitrogens with zero attached hydrogens (tertiary/aromatic N) is 2. The first-order valence-electron chi connectivity index (χ1n) is 10.9. The van der Waals surface area contributed by atoms with Crippen LogP contribution in [0.3, 0.4) is 0 Å². The van der Waals surface area contributed by atoms with Crippen molar-refractivity contribution in [3.05, 3.63) is 77.2 Å². The van der Waals surface area contributed by atoms with Crippen LogP contribution in [0, 0.1) is 0 Å². The average molecular weight is 478 g/mol. The van der Waals surface area contributed by atoms with E-state index < -0.39 is 18.0 Å². The number of Topliss-reactive ketones (excluding diaryl/α,β-unsaturated/α-hetero) is 1. The number of fused-ring (bicyclic) bond motifs is 1. The van der Waals surface area contributed by atoms with Crippen LogP contribution < -0.4 is 5.43 Å². The number of carbonyl (C=O) groups is 3. The number of carbonyl (C=O) groups excluding carboxylic acids is 3. The number of nitrogens with one attached hydrogen (secondary N) is 1. The zero-order valence-electron chi connectivity index (χ0n) is 18.2. The van der Waals surface area contributed by atoms with E-state index in [2.05, 4.69) is 5.43 Å². The van der Waals surface area contributed by atoms with E-state index in [1.165, 1.54) is 22.0 Å². The lowest BCUT2D eigenvalue weighted by Crippen LogP contribution is -2.54. The van der Waals surface area contributed by atoms with Gasteiger partial charge in [0.2, 0.25) is 0 Å². The molecule has 2 fully saturated rings. The molecule has 0 saturated carbocycles. The number of amides is 3. The van der Waals surface area contributed by atoms with Crippen LogP contribution in [-0.4, -0.2) is 58.0 Å². The topological polar surface area (TPSA) is 99.2 Å². The fourth-order valence-electron chi connectivity index (χ4n) is 4.32. The van der Waals surface area contributed by atoms with E-state index in [-0.39, 0.29) is 30.8 Å². The van der Waals surface area contributed by atoms with Crippen LogP contribution in [0.4, 0.5) is 4.79 Å². The molecule has 2 aliphatic heterocycles. The minimum atomic E-state index is -0.628. The van der Waals surface area contributed by atoms with E-state index in [0.29, 0.717) is 24.1 Å². The molecule has 0 bridgehead atoms. The Hall–Kier alpha value is -3.69. The quantitative estimate of drug-likeness (QED) is 0.561. The number of ketones is 1. The maximum Gasteiger partial charge on any atom is 0.339 e. The van der Waals surface area contributed by atoms with Crippen molar-refractivity contribution in [3.8, 4) is 16.2 Å². The van der Waals surface area contributed by atoms with Crippen LogP contribution in [0.2, 0.25) is 0 Å². The molecule has 1 aromatic heterocycles. The number of urea groups is 1. The smallest absolute Gasteiger partial charge is 0.339 e. The van der Waals surface area contributed by atoms with Gasteiger partial charge in [-0.3, -0.25) is 15.0 Å². The SMILES string of the molecule is O=C(NN(Cc1ccc(O)cc1)C(=O)N1CC[C@H]2OCC(=O)[C@H]21)c1ccc(-c2cccs2)cc1. The number of likely N-dealkylation sites (tertiary alicyclic amines) is 1. The summed E-state index contributed by atoms with van der Waals surface area (Å²) in [4.78, 5) is 41.4. The van der Waals surface area contributed by atoms with Gasteiger partial charge in [0.15, 0.2) is 5.78 Å². The largest absolute Gasteiger partial charge is 0.508 e. The van der Waals surface area contributed by atoms with Crippen molar-refractivity contribution in [3.63, 3.8) is 0 Å². The predicted molar refractivity (Wildman–Crippen MR) is 126 cm³/mol. The standard InChI is InChI=1S/C25H23N3O5S/c29-19-9-3-16(4-10-19)14-28(25(32)27-12-11-21-23(27)20(30)15-33-21)26-24(31)18-7-5-17(6-8-18)22-2-1-13-34-22/h1-10,13,21,23,29H,11-12,14-15H2,(H,26,31)/t21-,23-/m1/s1. The van der Waals surface area contributed by atoms with Crippen molar-refractivity contribution in [2.45, 2.75) is 25.1 Å². The van der Waals surface area contributed by atoms with Gasteiger partial charge in [-0.15, -0.1) is 11.3 Å². The van der Waals surface area contributed by atoms with Gasteiger partial charge in [-0.25, -0.2) is 9.80 Å². The number of aromatic hydroxyl groups is 1. The minimum Gasteiger partial charge on any atom is -0.508 e. The highest BCUT2D eigenvalue weighted by Gasteiger charge is 2.48. The van der Waals surface area contributed by atoms with E-state index in [4.69, 9.17) is 4.74 Å². The summed E-state index contributed by atoms with van der Waals surface area (Å²) in [6.45, 7) is 0.443. The van der Waals surface area contributed by atoms with Crippen molar-refractivity contribution < 1.29 is 24.2 Å². The number of ether oxygens (including phenoxy) is 1. The van der Waals surface area contributed by atoms with Crippen LogP contribution in [0.15, 0.2) is 66.0 Å². The predicted octanol–water partition coefficient (Wildman–Crippen LogP) is 3.43. The number of phenols is 1. The number of benzene rings is 2. The summed E-state index contributed by atoms with van der Waals surface area (Å²) < 4.78 is 5.50. The molecule has 2 saturated heterocycles. The Morgan fingerprint density at radius 2 is 1.88 bits per heavy atom. The number of rotatable bonds is 4. The van der Waals surface area contributed by atoms with Crippen molar-refractivity contribution >= 4 is 29.1 Å². The Bertz CT molecular complexity index is 1190. The van der Waals surface area contributed by atoms with Crippen LogP contribution in [0.1, 0.15) is 22.3 Å². The lowest BCUT2D eigenvalue weighted by molar-refractivity contribution is -0.120. The minimum absolute atomic E-state index is 0.0000233. The molecule has 174 valence electrons. The number of thiophene rings is 1. The molecule has 2 atom stereocenters. The summed E-state index contributed by atoms with van der Waals surface area (Å²) in [6.07, 6.45) is 0.278. The third kappa shape index (κ3) is 4.40. The molecule has 3 aromatic rings. The molecule has 3 heterocycles. The zero-order valence-corrected chi connectivity index (χ0v) is 19.0. The second-order valence-corrected chi connectivity index (χ2v) is 9.22. The van der Waals surface area contributed by atoms with E-state index in [1.54, 1.807) is 35.6 Å². The zero-order chi connectivity index (χ0) is 23.7. The fraction of sp³-hybridized carbons (Fsp3) is 0.240. The summed E-state index contributed by atoms with van der Waals surface area (Å²) in [5.74, 6) is -0.460. The summed E-state index contributed by atoms with van der Waals surface area (Å²) in [7, 11) is 0.